The standard InChI is InChI=1S/C24H14BrNO3/c25-19-11-5-10-18(21-15-7-2-1-6-14(15)12-13-20(21)27)22(19)26-23(28)16-8-3-4-9-17(16)24(26)29/h1-13,27H. The summed E-state index contributed by atoms with van der Waals surface area (Å²) in [5, 5.41) is 12.5. The molecule has 0 radical (unpaired) electrons. The highest BCUT2D eigenvalue weighted by Crippen LogP contribution is 2.45. The van der Waals surface area contributed by atoms with Crippen LogP contribution in [0, 0.1) is 0 Å². The summed E-state index contributed by atoms with van der Waals surface area (Å²) in [6.45, 7) is 0. The summed E-state index contributed by atoms with van der Waals surface area (Å²) in [4.78, 5) is 27.4. The number of para-hydroxylation sites is 1. The third-order valence-electron chi connectivity index (χ3n) is 5.18. The van der Waals surface area contributed by atoms with Crippen molar-refractivity contribution in [1.82, 2.24) is 0 Å². The lowest BCUT2D eigenvalue weighted by atomic mass is 9.95. The number of carbonyl (C=O) groups is 2. The van der Waals surface area contributed by atoms with Crippen molar-refractivity contribution < 1.29 is 14.7 Å². The zero-order valence-corrected chi connectivity index (χ0v) is 16.7. The van der Waals surface area contributed by atoms with Crippen LogP contribution in [0.4, 0.5) is 5.69 Å². The Morgan fingerprint density at radius 2 is 1.31 bits per heavy atom. The van der Waals surface area contributed by atoms with E-state index in [1.165, 1.54) is 4.90 Å². The second-order valence-electron chi connectivity index (χ2n) is 6.81. The molecular weight excluding hydrogens is 430 g/mol. The SMILES string of the molecule is O=C1c2ccccc2C(=O)N1c1c(Br)cccc1-c1c(O)ccc2ccccc12. The molecule has 1 heterocycles. The summed E-state index contributed by atoms with van der Waals surface area (Å²) in [6.07, 6.45) is 0. The van der Waals surface area contributed by atoms with Gasteiger partial charge in [-0.25, -0.2) is 4.90 Å². The molecule has 2 amide bonds. The fourth-order valence-electron chi connectivity index (χ4n) is 3.88. The first-order valence-corrected chi connectivity index (χ1v) is 9.84. The molecule has 29 heavy (non-hydrogen) atoms. The Bertz CT molecular complexity index is 1290. The van der Waals surface area contributed by atoms with Crippen molar-refractivity contribution in [1.29, 1.82) is 0 Å². The van der Waals surface area contributed by atoms with Gasteiger partial charge in [0.1, 0.15) is 5.75 Å². The van der Waals surface area contributed by atoms with Gasteiger partial charge in [-0.2, -0.15) is 0 Å². The minimum Gasteiger partial charge on any atom is -0.507 e. The van der Waals surface area contributed by atoms with E-state index < -0.39 is 0 Å². The van der Waals surface area contributed by atoms with Gasteiger partial charge in [0.2, 0.25) is 0 Å². The number of phenols is 1. The van der Waals surface area contributed by atoms with E-state index in [1.54, 1.807) is 36.4 Å². The molecule has 0 spiro atoms. The van der Waals surface area contributed by atoms with Gasteiger partial charge in [0.15, 0.2) is 0 Å². The van der Waals surface area contributed by atoms with Crippen LogP contribution in [0.3, 0.4) is 0 Å². The number of amides is 2. The van der Waals surface area contributed by atoms with Crippen molar-refractivity contribution in [3.8, 4) is 16.9 Å². The van der Waals surface area contributed by atoms with E-state index in [4.69, 9.17) is 0 Å². The molecule has 5 heteroatoms. The summed E-state index contributed by atoms with van der Waals surface area (Å²) in [7, 11) is 0. The van der Waals surface area contributed by atoms with Gasteiger partial charge in [0.05, 0.1) is 16.8 Å². The predicted octanol–water partition coefficient (Wildman–Crippen LogP) is 5.78. The number of benzene rings is 4. The molecule has 0 unspecified atom stereocenters. The molecule has 0 aromatic heterocycles. The second kappa shape index (κ2) is 6.57. The number of carbonyl (C=O) groups excluding carboxylic acids is 2. The summed E-state index contributed by atoms with van der Waals surface area (Å²) < 4.78 is 0.594. The van der Waals surface area contributed by atoms with E-state index in [0.29, 0.717) is 32.4 Å². The largest absolute Gasteiger partial charge is 0.507 e. The van der Waals surface area contributed by atoms with Gasteiger partial charge in [-0.15, -0.1) is 0 Å². The maximum atomic E-state index is 13.1. The van der Waals surface area contributed by atoms with Gasteiger partial charge in [-0.05, 0) is 51.0 Å². The Morgan fingerprint density at radius 3 is 2.03 bits per heavy atom. The number of nitrogens with zero attached hydrogens (tertiary/aromatic N) is 1. The Balaban J connectivity index is 1.81. The lowest BCUT2D eigenvalue weighted by Crippen LogP contribution is -2.30. The summed E-state index contributed by atoms with van der Waals surface area (Å²) in [6, 6.07) is 23.4. The number of halogens is 1. The van der Waals surface area contributed by atoms with Crippen molar-refractivity contribution >= 4 is 44.2 Å². The Kier molecular flexibility index (Phi) is 4.00. The van der Waals surface area contributed by atoms with Crippen LogP contribution >= 0.6 is 15.9 Å². The van der Waals surface area contributed by atoms with Gasteiger partial charge >= 0.3 is 0 Å². The van der Waals surface area contributed by atoms with E-state index in [1.807, 2.05) is 42.5 Å². The zero-order chi connectivity index (χ0) is 20.1. The average Bonchev–Trinajstić information content (AvgIpc) is 2.99. The molecule has 4 nitrogen and oxygen atoms in total. The summed E-state index contributed by atoms with van der Waals surface area (Å²) in [5.74, 6) is -0.670. The van der Waals surface area contributed by atoms with Crippen LogP contribution in [-0.4, -0.2) is 16.9 Å². The Morgan fingerprint density at radius 1 is 0.690 bits per heavy atom. The first-order chi connectivity index (χ1) is 14.1. The molecule has 1 aliphatic rings. The van der Waals surface area contributed by atoms with Crippen LogP contribution in [0.25, 0.3) is 21.9 Å². The first kappa shape index (κ1) is 17.6. The quantitative estimate of drug-likeness (QED) is 0.399. The normalized spacial score (nSPS) is 13.2. The van der Waals surface area contributed by atoms with Gasteiger partial charge < -0.3 is 5.11 Å². The van der Waals surface area contributed by atoms with E-state index in [9.17, 15) is 14.7 Å². The van der Waals surface area contributed by atoms with Crippen molar-refractivity contribution in [3.05, 3.63) is 94.5 Å². The smallest absolute Gasteiger partial charge is 0.266 e. The molecule has 0 saturated heterocycles. The highest BCUT2D eigenvalue weighted by molar-refractivity contribution is 9.10. The highest BCUT2D eigenvalue weighted by Gasteiger charge is 2.38. The number of aromatic hydroxyl groups is 1. The fourth-order valence-corrected chi connectivity index (χ4v) is 4.42. The van der Waals surface area contributed by atoms with Crippen LogP contribution in [-0.2, 0) is 0 Å². The summed E-state index contributed by atoms with van der Waals surface area (Å²) in [5.41, 5.74) is 2.35. The van der Waals surface area contributed by atoms with Gasteiger partial charge in [-0.1, -0.05) is 54.6 Å². The topological polar surface area (TPSA) is 57.6 Å². The van der Waals surface area contributed by atoms with E-state index in [2.05, 4.69) is 15.9 Å². The molecule has 0 atom stereocenters. The van der Waals surface area contributed by atoms with Gasteiger partial charge in [0.25, 0.3) is 11.8 Å². The molecule has 0 fully saturated rings. The fraction of sp³-hybridized carbons (Fsp3) is 0. The number of phenolic OH excluding ortho intramolecular Hbond substituents is 1. The van der Waals surface area contributed by atoms with Gasteiger partial charge in [0, 0.05) is 15.6 Å². The second-order valence-corrected chi connectivity index (χ2v) is 7.66. The summed E-state index contributed by atoms with van der Waals surface area (Å²) >= 11 is 3.52. The van der Waals surface area contributed by atoms with E-state index in [-0.39, 0.29) is 17.6 Å². The Hall–Kier alpha value is -3.44. The molecule has 0 bridgehead atoms. The van der Waals surface area contributed by atoms with Crippen LogP contribution in [0.2, 0.25) is 0 Å². The molecule has 5 rings (SSSR count). The minimum absolute atomic E-state index is 0.0830. The minimum atomic E-state index is -0.376. The number of anilines is 1. The molecule has 4 aromatic rings. The average molecular weight is 444 g/mol. The first-order valence-electron chi connectivity index (χ1n) is 9.05. The molecule has 140 valence electrons. The predicted molar refractivity (Wildman–Crippen MR) is 116 cm³/mol. The molecule has 4 aromatic carbocycles. The lowest BCUT2D eigenvalue weighted by Gasteiger charge is -2.21. The third-order valence-corrected chi connectivity index (χ3v) is 5.82. The number of fused-ring (bicyclic) bond motifs is 2. The Labute approximate surface area is 175 Å². The van der Waals surface area contributed by atoms with Crippen LogP contribution in [0.15, 0.2) is 83.3 Å². The lowest BCUT2D eigenvalue weighted by molar-refractivity contribution is 0.0926. The third kappa shape index (κ3) is 2.58. The number of hydrogen-bond donors (Lipinski definition) is 1. The van der Waals surface area contributed by atoms with Crippen LogP contribution in [0.1, 0.15) is 20.7 Å². The molecule has 1 aliphatic heterocycles. The van der Waals surface area contributed by atoms with Crippen LogP contribution in [0.5, 0.6) is 5.75 Å². The maximum Gasteiger partial charge on any atom is 0.266 e. The van der Waals surface area contributed by atoms with Crippen molar-refractivity contribution in [2.45, 2.75) is 0 Å². The molecular formula is C24H14BrNO3. The zero-order valence-electron chi connectivity index (χ0n) is 15.1. The van der Waals surface area contributed by atoms with Gasteiger partial charge in [-0.3, -0.25) is 9.59 Å². The highest BCUT2D eigenvalue weighted by atomic mass is 79.9. The molecule has 1 N–H and O–H groups in total. The van der Waals surface area contributed by atoms with E-state index in [0.717, 1.165) is 10.8 Å². The number of hydrogen-bond acceptors (Lipinski definition) is 3. The van der Waals surface area contributed by atoms with E-state index >= 15 is 0 Å². The van der Waals surface area contributed by atoms with Crippen molar-refractivity contribution in [2.24, 2.45) is 0 Å². The van der Waals surface area contributed by atoms with Crippen LogP contribution < -0.4 is 4.90 Å². The number of rotatable bonds is 2. The van der Waals surface area contributed by atoms with Crippen molar-refractivity contribution in [2.75, 3.05) is 4.90 Å². The maximum absolute atomic E-state index is 13.1. The number of imide groups is 1. The molecule has 0 saturated carbocycles. The molecule has 0 aliphatic carbocycles. The van der Waals surface area contributed by atoms with Crippen molar-refractivity contribution in [3.63, 3.8) is 0 Å². The monoisotopic (exact) mass is 443 g/mol.